The summed E-state index contributed by atoms with van der Waals surface area (Å²) < 4.78 is 1.99. The first-order valence-electron chi connectivity index (χ1n) is 7.67. The molecule has 2 N–H and O–H groups in total. The van der Waals surface area contributed by atoms with E-state index in [1.54, 1.807) is 0 Å². The predicted octanol–water partition coefficient (Wildman–Crippen LogP) is 4.06. The van der Waals surface area contributed by atoms with E-state index >= 15 is 0 Å². The minimum Gasteiger partial charge on any atom is -0.368 e. The second-order valence-corrected chi connectivity index (χ2v) is 5.55. The molecular weight excluding hydrogens is 310 g/mol. The summed E-state index contributed by atoms with van der Waals surface area (Å²) in [4.78, 5) is 12.8. The van der Waals surface area contributed by atoms with Gasteiger partial charge in [0.2, 0.25) is 5.95 Å². The van der Waals surface area contributed by atoms with Gasteiger partial charge in [-0.3, -0.25) is 4.98 Å². The molecule has 0 amide bonds. The van der Waals surface area contributed by atoms with Crippen molar-refractivity contribution in [2.24, 2.45) is 0 Å². The number of fused-ring (bicyclic) bond motifs is 1. The van der Waals surface area contributed by atoms with Gasteiger partial charge in [-0.2, -0.15) is 4.98 Å². The van der Waals surface area contributed by atoms with Crippen LogP contribution >= 0.6 is 11.6 Å². The maximum absolute atomic E-state index is 6.10. The molecule has 3 rings (SSSR count). The van der Waals surface area contributed by atoms with Gasteiger partial charge in [-0.25, -0.2) is 4.98 Å². The minimum absolute atomic E-state index is 0.178. The van der Waals surface area contributed by atoms with E-state index in [9.17, 15) is 0 Å². The number of aryl methyl sites for hydroxylation is 1. The maximum atomic E-state index is 6.10. The first-order chi connectivity index (χ1) is 11.0. The molecule has 3 heterocycles. The van der Waals surface area contributed by atoms with Crippen LogP contribution in [0.1, 0.15) is 36.2 Å². The van der Waals surface area contributed by atoms with E-state index in [0.717, 1.165) is 16.7 Å². The molecule has 0 aromatic carbocycles. The maximum Gasteiger partial charge on any atom is 0.223 e. The van der Waals surface area contributed by atoms with Crippen LogP contribution in [0.5, 0.6) is 0 Å². The van der Waals surface area contributed by atoms with Gasteiger partial charge in [-0.05, 0) is 43.5 Å². The Hall–Kier alpha value is -2.14. The Bertz CT molecular complexity index is 839. The van der Waals surface area contributed by atoms with Gasteiger partial charge in [0.05, 0.1) is 17.6 Å². The van der Waals surface area contributed by atoms with E-state index in [2.05, 4.69) is 35.7 Å². The van der Waals surface area contributed by atoms with Crippen LogP contribution in [0.4, 0.5) is 5.95 Å². The van der Waals surface area contributed by atoms with Crippen LogP contribution in [0, 0.1) is 20.8 Å². The van der Waals surface area contributed by atoms with Gasteiger partial charge in [0.15, 0.2) is 0 Å². The van der Waals surface area contributed by atoms with Gasteiger partial charge in [-0.1, -0.05) is 25.4 Å². The van der Waals surface area contributed by atoms with Crippen LogP contribution in [0.15, 0.2) is 18.5 Å². The third-order valence-electron chi connectivity index (χ3n) is 3.91. The smallest absolute Gasteiger partial charge is 0.223 e. The highest BCUT2D eigenvalue weighted by Crippen LogP contribution is 2.23. The quantitative estimate of drug-likeness (QED) is 0.719. The standard InChI is InChI=1S/C15H16ClN5.C2H6/c1-8-6-18-12(10(3)9(8)2)7-21-5-4-11-13(16)19-15(17)20-14(11)21;1-2/h4-6H,7H2,1-3H3,(H2,17,19,20);1-2H3. The van der Waals surface area contributed by atoms with Gasteiger partial charge in [-0.15, -0.1) is 0 Å². The molecule has 0 aliphatic carbocycles. The minimum atomic E-state index is 0.178. The van der Waals surface area contributed by atoms with Crippen LogP contribution in [-0.2, 0) is 6.54 Å². The molecule has 0 radical (unpaired) electrons. The van der Waals surface area contributed by atoms with E-state index < -0.39 is 0 Å². The largest absolute Gasteiger partial charge is 0.368 e. The SMILES string of the molecule is CC.Cc1cnc(Cn2ccc3c(Cl)nc(N)nc32)c(C)c1C. The van der Waals surface area contributed by atoms with E-state index in [4.69, 9.17) is 17.3 Å². The number of hydrogen-bond donors (Lipinski definition) is 1. The van der Waals surface area contributed by atoms with Crippen molar-refractivity contribution < 1.29 is 0 Å². The summed E-state index contributed by atoms with van der Waals surface area (Å²) in [5.74, 6) is 0.178. The molecule has 0 spiro atoms. The van der Waals surface area contributed by atoms with Crippen molar-refractivity contribution >= 4 is 28.6 Å². The summed E-state index contributed by atoms with van der Waals surface area (Å²) in [6.45, 7) is 10.9. The lowest BCUT2D eigenvalue weighted by atomic mass is 10.0. The van der Waals surface area contributed by atoms with Crippen molar-refractivity contribution in [1.29, 1.82) is 0 Å². The van der Waals surface area contributed by atoms with Gasteiger partial charge in [0, 0.05) is 12.4 Å². The first kappa shape index (κ1) is 17.2. The molecule has 0 saturated heterocycles. The van der Waals surface area contributed by atoms with Gasteiger partial charge >= 0.3 is 0 Å². The molecule has 3 aromatic heterocycles. The number of rotatable bonds is 2. The van der Waals surface area contributed by atoms with Crippen LogP contribution in [0.2, 0.25) is 5.15 Å². The molecule has 0 saturated carbocycles. The van der Waals surface area contributed by atoms with Gasteiger partial charge in [0.1, 0.15) is 10.8 Å². The second-order valence-electron chi connectivity index (χ2n) is 5.19. The Balaban J connectivity index is 0.000000924. The zero-order valence-corrected chi connectivity index (χ0v) is 14.9. The number of aromatic nitrogens is 4. The average molecular weight is 332 g/mol. The Morgan fingerprint density at radius 2 is 1.83 bits per heavy atom. The lowest BCUT2D eigenvalue weighted by Gasteiger charge is -2.11. The lowest BCUT2D eigenvalue weighted by molar-refractivity contribution is 0.786. The van der Waals surface area contributed by atoms with Crippen LogP contribution < -0.4 is 5.73 Å². The molecule has 6 heteroatoms. The Kier molecular flexibility index (Phi) is 5.21. The number of nitrogens with zero attached hydrogens (tertiary/aromatic N) is 4. The fourth-order valence-electron chi connectivity index (χ4n) is 2.37. The summed E-state index contributed by atoms with van der Waals surface area (Å²) in [7, 11) is 0. The highest BCUT2D eigenvalue weighted by Gasteiger charge is 2.11. The average Bonchev–Trinajstić information content (AvgIpc) is 2.93. The lowest BCUT2D eigenvalue weighted by Crippen LogP contribution is -2.06. The summed E-state index contributed by atoms with van der Waals surface area (Å²) >= 11 is 6.10. The summed E-state index contributed by atoms with van der Waals surface area (Å²) in [6.07, 6.45) is 3.83. The molecule has 0 aliphatic heterocycles. The van der Waals surface area contributed by atoms with Crippen LogP contribution in [0.25, 0.3) is 11.0 Å². The van der Waals surface area contributed by atoms with Gasteiger partial charge in [0.25, 0.3) is 0 Å². The molecule has 0 fully saturated rings. The molecule has 0 aliphatic rings. The van der Waals surface area contributed by atoms with E-state index in [1.807, 2.05) is 36.9 Å². The number of halogens is 1. The second kappa shape index (κ2) is 6.96. The third-order valence-corrected chi connectivity index (χ3v) is 4.20. The van der Waals surface area contributed by atoms with Crippen molar-refractivity contribution in [3.8, 4) is 0 Å². The fourth-order valence-corrected chi connectivity index (χ4v) is 2.61. The van der Waals surface area contributed by atoms with Crippen LogP contribution in [-0.4, -0.2) is 19.5 Å². The summed E-state index contributed by atoms with van der Waals surface area (Å²) in [5, 5.41) is 1.17. The molecule has 3 aromatic rings. The normalized spacial score (nSPS) is 10.5. The van der Waals surface area contributed by atoms with E-state index in [1.165, 1.54) is 16.7 Å². The highest BCUT2D eigenvalue weighted by atomic mass is 35.5. The Labute approximate surface area is 141 Å². The Morgan fingerprint density at radius 1 is 1.13 bits per heavy atom. The number of pyridine rings is 1. The highest BCUT2D eigenvalue weighted by molar-refractivity contribution is 6.34. The molecular formula is C17H22ClN5. The summed E-state index contributed by atoms with van der Waals surface area (Å²) in [6, 6.07) is 1.90. The van der Waals surface area contributed by atoms with Crippen molar-refractivity contribution in [1.82, 2.24) is 19.5 Å². The van der Waals surface area contributed by atoms with Crippen molar-refractivity contribution in [2.75, 3.05) is 5.73 Å². The topological polar surface area (TPSA) is 69.6 Å². The zero-order valence-electron chi connectivity index (χ0n) is 14.2. The number of nitrogen functional groups attached to an aromatic ring is 1. The third kappa shape index (κ3) is 3.29. The van der Waals surface area contributed by atoms with E-state index in [0.29, 0.717) is 11.7 Å². The molecule has 23 heavy (non-hydrogen) atoms. The molecule has 0 unspecified atom stereocenters. The van der Waals surface area contributed by atoms with Crippen molar-refractivity contribution in [2.45, 2.75) is 41.2 Å². The van der Waals surface area contributed by atoms with Crippen molar-refractivity contribution in [3.05, 3.63) is 46.0 Å². The Morgan fingerprint density at radius 3 is 2.52 bits per heavy atom. The monoisotopic (exact) mass is 331 g/mol. The molecule has 122 valence electrons. The zero-order chi connectivity index (χ0) is 17.1. The first-order valence-corrected chi connectivity index (χ1v) is 8.04. The fraction of sp³-hybridized carbons (Fsp3) is 0.353. The number of anilines is 1. The van der Waals surface area contributed by atoms with Crippen LogP contribution in [0.3, 0.4) is 0 Å². The predicted molar refractivity (Wildman–Crippen MR) is 95.8 cm³/mol. The van der Waals surface area contributed by atoms with Crippen molar-refractivity contribution in [3.63, 3.8) is 0 Å². The van der Waals surface area contributed by atoms with E-state index in [-0.39, 0.29) is 5.95 Å². The summed E-state index contributed by atoms with van der Waals surface area (Å²) in [5.41, 5.74) is 11.1. The number of hydrogen-bond acceptors (Lipinski definition) is 4. The number of nitrogens with two attached hydrogens (primary N) is 1. The molecule has 0 atom stereocenters. The van der Waals surface area contributed by atoms with Gasteiger partial charge < -0.3 is 10.3 Å². The molecule has 5 nitrogen and oxygen atoms in total. The molecule has 0 bridgehead atoms.